The molecule has 1 aliphatic heterocycles. The molecule has 0 amide bonds. The van der Waals surface area contributed by atoms with Crippen molar-refractivity contribution in [1.82, 2.24) is 5.01 Å². The minimum Gasteiger partial charge on any atom is -0.399 e. The van der Waals surface area contributed by atoms with Gasteiger partial charge < -0.3 is 17.2 Å². The molecule has 1 heterocycles. The Hall–Kier alpha value is -1.36. The number of hydrazine groups is 1. The van der Waals surface area contributed by atoms with Crippen LogP contribution in [-0.4, -0.2) is 11.6 Å². The van der Waals surface area contributed by atoms with Gasteiger partial charge in [-0.05, 0) is 0 Å². The summed E-state index contributed by atoms with van der Waals surface area (Å²) in [6.45, 7) is 0.397. The number of hydrogen-bond acceptors (Lipinski definition) is 5. The quantitative estimate of drug-likeness (QED) is 0.295. The van der Waals surface area contributed by atoms with E-state index in [1.54, 1.807) is 6.08 Å². The van der Waals surface area contributed by atoms with Gasteiger partial charge in [0.2, 0.25) is 0 Å². The van der Waals surface area contributed by atoms with Crippen molar-refractivity contribution < 1.29 is 0 Å². The van der Waals surface area contributed by atoms with Gasteiger partial charge >= 0.3 is 0 Å². The molecule has 0 aromatic carbocycles. The fourth-order valence-electron chi connectivity index (χ4n) is 0.701. The Kier molecular flexibility index (Phi) is 1.42. The topological polar surface area (TPSA) is 107 Å². The highest BCUT2D eigenvalue weighted by atomic mass is 15.4. The fraction of sp³-hybridized carbons (Fsp3) is 0.200. The van der Waals surface area contributed by atoms with E-state index < -0.39 is 0 Å². The summed E-state index contributed by atoms with van der Waals surface area (Å²) in [5, 5.41) is 1.34. The third-order valence-electron chi connectivity index (χ3n) is 1.35. The number of hydrogen-bond donors (Lipinski definition) is 4. The van der Waals surface area contributed by atoms with Crippen molar-refractivity contribution in [2.75, 3.05) is 6.54 Å². The monoisotopic (exact) mass is 141 g/mol. The summed E-state index contributed by atoms with van der Waals surface area (Å²) in [4.78, 5) is 0. The maximum atomic E-state index is 5.46. The van der Waals surface area contributed by atoms with Gasteiger partial charge in [-0.2, -0.15) is 0 Å². The van der Waals surface area contributed by atoms with Crippen LogP contribution in [0.2, 0.25) is 0 Å². The summed E-state index contributed by atoms with van der Waals surface area (Å²) in [6.07, 6.45) is 1.54. The first-order chi connectivity index (χ1) is 4.61. The van der Waals surface area contributed by atoms with Crippen LogP contribution in [0, 0.1) is 0 Å². The van der Waals surface area contributed by atoms with E-state index >= 15 is 0 Å². The molecule has 5 heteroatoms. The van der Waals surface area contributed by atoms with E-state index in [2.05, 4.69) is 0 Å². The highest BCUT2D eigenvalue weighted by Gasteiger charge is 2.10. The Morgan fingerprint density at radius 3 is 2.40 bits per heavy atom. The standard InChI is InChI=1S/C5H11N5/c6-3-1-5(8)10(9)2-4(3)7/h1H,2,6-9H2. The van der Waals surface area contributed by atoms with Crippen molar-refractivity contribution in [3.63, 3.8) is 0 Å². The van der Waals surface area contributed by atoms with Crippen LogP contribution < -0.4 is 23.0 Å². The van der Waals surface area contributed by atoms with Gasteiger partial charge in [0.05, 0.1) is 17.9 Å². The molecule has 0 aromatic rings. The zero-order valence-electron chi connectivity index (χ0n) is 5.54. The molecule has 0 unspecified atom stereocenters. The summed E-state index contributed by atoms with van der Waals surface area (Å²) in [6, 6.07) is 0. The minimum absolute atomic E-state index is 0.397. The average molecular weight is 141 g/mol. The fourth-order valence-corrected chi connectivity index (χ4v) is 0.701. The first-order valence-corrected chi connectivity index (χ1v) is 2.84. The molecule has 1 aliphatic rings. The summed E-state index contributed by atoms with van der Waals surface area (Å²) in [7, 11) is 0. The smallest absolute Gasteiger partial charge is 0.115 e. The zero-order valence-corrected chi connectivity index (χ0v) is 5.54. The lowest BCUT2D eigenvalue weighted by atomic mass is 10.2. The van der Waals surface area contributed by atoms with Crippen molar-refractivity contribution >= 4 is 0 Å². The van der Waals surface area contributed by atoms with Crippen molar-refractivity contribution in [2.45, 2.75) is 0 Å². The first kappa shape index (κ1) is 6.76. The second kappa shape index (κ2) is 2.11. The van der Waals surface area contributed by atoms with E-state index in [1.807, 2.05) is 0 Å². The van der Waals surface area contributed by atoms with E-state index in [4.69, 9.17) is 23.0 Å². The molecule has 0 bridgehead atoms. The van der Waals surface area contributed by atoms with Gasteiger partial charge in [-0.1, -0.05) is 0 Å². The molecule has 1 rings (SSSR count). The van der Waals surface area contributed by atoms with E-state index in [9.17, 15) is 0 Å². The van der Waals surface area contributed by atoms with Gasteiger partial charge in [-0.15, -0.1) is 0 Å². The predicted molar refractivity (Wildman–Crippen MR) is 38.6 cm³/mol. The number of allylic oxidation sites excluding steroid dienone is 1. The van der Waals surface area contributed by atoms with Crippen LogP contribution in [0.5, 0.6) is 0 Å². The Morgan fingerprint density at radius 1 is 1.30 bits per heavy atom. The van der Waals surface area contributed by atoms with Gasteiger partial charge in [0.25, 0.3) is 0 Å². The lowest BCUT2D eigenvalue weighted by molar-refractivity contribution is 0.375. The minimum atomic E-state index is 0.397. The second-order valence-electron chi connectivity index (χ2n) is 2.18. The molecular weight excluding hydrogens is 130 g/mol. The summed E-state index contributed by atoms with van der Waals surface area (Å²) >= 11 is 0. The molecule has 0 aliphatic carbocycles. The largest absolute Gasteiger partial charge is 0.399 e. The maximum absolute atomic E-state index is 5.46. The van der Waals surface area contributed by atoms with Crippen LogP contribution >= 0.6 is 0 Å². The lowest BCUT2D eigenvalue weighted by Gasteiger charge is -2.23. The third-order valence-corrected chi connectivity index (χ3v) is 1.35. The molecular formula is C5H11N5. The molecule has 0 atom stereocenters. The van der Waals surface area contributed by atoms with Gasteiger partial charge in [0.1, 0.15) is 5.82 Å². The molecule has 56 valence electrons. The van der Waals surface area contributed by atoms with Crippen molar-refractivity contribution in [2.24, 2.45) is 23.0 Å². The Labute approximate surface area is 58.9 Å². The second-order valence-corrected chi connectivity index (χ2v) is 2.18. The predicted octanol–water partition coefficient (Wildman–Crippen LogP) is -1.90. The van der Waals surface area contributed by atoms with Gasteiger partial charge in [0.15, 0.2) is 0 Å². The summed E-state index contributed by atoms with van der Waals surface area (Å²) in [5.74, 6) is 5.84. The highest BCUT2D eigenvalue weighted by molar-refractivity contribution is 5.28. The van der Waals surface area contributed by atoms with Crippen LogP contribution in [0.15, 0.2) is 23.3 Å². The Balaban J connectivity index is 2.88. The number of nitrogens with two attached hydrogens (primary N) is 4. The molecule has 0 fully saturated rings. The zero-order chi connectivity index (χ0) is 7.72. The van der Waals surface area contributed by atoms with E-state index in [-0.39, 0.29) is 0 Å². The van der Waals surface area contributed by atoms with Gasteiger partial charge in [-0.25, -0.2) is 5.84 Å². The van der Waals surface area contributed by atoms with E-state index in [0.29, 0.717) is 23.8 Å². The summed E-state index contributed by atoms with van der Waals surface area (Å²) < 4.78 is 0. The molecule has 8 N–H and O–H groups in total. The van der Waals surface area contributed by atoms with Crippen molar-refractivity contribution in [1.29, 1.82) is 0 Å². The molecule has 0 saturated carbocycles. The number of nitrogens with zero attached hydrogens (tertiary/aromatic N) is 1. The molecule has 10 heavy (non-hydrogen) atoms. The molecule has 0 spiro atoms. The molecule has 5 nitrogen and oxygen atoms in total. The third kappa shape index (κ3) is 0.985. The Morgan fingerprint density at radius 2 is 1.90 bits per heavy atom. The lowest BCUT2D eigenvalue weighted by Crippen LogP contribution is -2.40. The highest BCUT2D eigenvalue weighted by Crippen LogP contribution is 2.05. The molecule has 0 saturated heterocycles. The molecule has 0 aromatic heterocycles. The van der Waals surface area contributed by atoms with Crippen LogP contribution in [0.3, 0.4) is 0 Å². The number of rotatable bonds is 0. The van der Waals surface area contributed by atoms with Gasteiger partial charge in [0, 0.05) is 6.08 Å². The van der Waals surface area contributed by atoms with Crippen LogP contribution in [0.4, 0.5) is 0 Å². The maximum Gasteiger partial charge on any atom is 0.115 e. The van der Waals surface area contributed by atoms with Crippen molar-refractivity contribution in [3.8, 4) is 0 Å². The van der Waals surface area contributed by atoms with Gasteiger partial charge in [-0.3, -0.25) is 5.01 Å². The van der Waals surface area contributed by atoms with E-state index in [0.717, 1.165) is 0 Å². The summed E-state index contributed by atoms with van der Waals surface area (Å²) in [5.41, 5.74) is 17.4. The normalized spacial score (nSPS) is 19.3. The average Bonchev–Trinajstić information content (AvgIpc) is 1.84. The first-order valence-electron chi connectivity index (χ1n) is 2.84. The van der Waals surface area contributed by atoms with Crippen LogP contribution in [0.25, 0.3) is 0 Å². The van der Waals surface area contributed by atoms with Crippen LogP contribution in [0.1, 0.15) is 0 Å². The van der Waals surface area contributed by atoms with E-state index in [1.165, 1.54) is 5.01 Å². The SMILES string of the molecule is NC1=CC(N)=C(N)CN1N. The van der Waals surface area contributed by atoms with Crippen LogP contribution in [-0.2, 0) is 0 Å². The Bertz CT molecular complexity index is 204. The molecule has 0 radical (unpaired) electrons. The van der Waals surface area contributed by atoms with Crippen molar-refractivity contribution in [3.05, 3.63) is 23.3 Å².